The SMILES string of the molecule is CC1(CCC(F)(F)C(F)(F)C(F)(F)C(F)(F)C(F)(F)C(F)(F)C(F)(F)C(F)(F)F)COC(C)(C)O1. The molecule has 0 aliphatic carbocycles. The van der Waals surface area contributed by atoms with Crippen molar-refractivity contribution in [3.8, 4) is 0 Å². The highest BCUT2D eigenvalue weighted by Crippen LogP contribution is 2.64. The van der Waals surface area contributed by atoms with Crippen molar-refractivity contribution < 1.29 is 84.1 Å². The fourth-order valence-corrected chi connectivity index (χ4v) is 2.88. The first-order valence-electron chi connectivity index (χ1n) is 8.92. The smallest absolute Gasteiger partial charge is 0.348 e. The van der Waals surface area contributed by atoms with E-state index in [9.17, 15) is 74.6 Å². The number of hydrogen-bond donors (Lipinski definition) is 0. The number of hydrogen-bond acceptors (Lipinski definition) is 2. The lowest BCUT2D eigenvalue weighted by Gasteiger charge is -2.43. The zero-order chi connectivity index (χ0) is 28.5. The monoisotopic (exact) mass is 562 g/mol. The second-order valence-electron chi connectivity index (χ2n) is 8.39. The minimum absolute atomic E-state index is 0.648. The molecule has 1 unspecified atom stereocenters. The molecule has 0 aromatic rings. The topological polar surface area (TPSA) is 18.5 Å². The summed E-state index contributed by atoms with van der Waals surface area (Å²) in [6, 6.07) is 0. The van der Waals surface area contributed by atoms with E-state index in [1.54, 1.807) is 0 Å². The largest absolute Gasteiger partial charge is 0.460 e. The first kappa shape index (κ1) is 31.8. The Bertz CT molecular complexity index is 785. The Morgan fingerprint density at radius 2 is 0.886 bits per heavy atom. The van der Waals surface area contributed by atoms with Crippen LogP contribution >= 0.6 is 0 Å². The van der Waals surface area contributed by atoms with Crippen molar-refractivity contribution in [2.45, 2.75) is 92.6 Å². The minimum Gasteiger partial charge on any atom is -0.348 e. The molecule has 1 atom stereocenters. The van der Waals surface area contributed by atoms with Crippen molar-refractivity contribution >= 4 is 0 Å². The number of halogens is 17. The van der Waals surface area contributed by atoms with Crippen LogP contribution in [-0.2, 0) is 9.47 Å². The molecular formula is C16H15F17O2. The Labute approximate surface area is 184 Å². The Balaban J connectivity index is 3.42. The molecular weight excluding hydrogens is 547 g/mol. The third-order valence-corrected chi connectivity index (χ3v) is 4.97. The number of ether oxygens (including phenoxy) is 2. The van der Waals surface area contributed by atoms with Crippen molar-refractivity contribution in [1.29, 1.82) is 0 Å². The molecule has 1 rings (SSSR count). The van der Waals surface area contributed by atoms with E-state index in [1.807, 2.05) is 0 Å². The Kier molecular flexibility index (Phi) is 7.36. The molecule has 0 bridgehead atoms. The second kappa shape index (κ2) is 8.11. The maximum absolute atomic E-state index is 13.9. The lowest BCUT2D eigenvalue weighted by Crippen LogP contribution is -2.74. The Morgan fingerprint density at radius 3 is 1.20 bits per heavy atom. The molecule has 0 radical (unpaired) electrons. The van der Waals surface area contributed by atoms with Gasteiger partial charge in [0.05, 0.1) is 12.2 Å². The van der Waals surface area contributed by atoms with Gasteiger partial charge < -0.3 is 9.47 Å². The van der Waals surface area contributed by atoms with E-state index in [0.29, 0.717) is 0 Å². The van der Waals surface area contributed by atoms with Crippen LogP contribution in [0.5, 0.6) is 0 Å². The zero-order valence-electron chi connectivity index (χ0n) is 17.4. The molecule has 0 aromatic heterocycles. The van der Waals surface area contributed by atoms with Gasteiger partial charge in [-0.3, -0.25) is 0 Å². The number of rotatable bonds is 9. The van der Waals surface area contributed by atoms with Crippen molar-refractivity contribution in [2.75, 3.05) is 6.61 Å². The predicted octanol–water partition coefficient (Wildman–Crippen LogP) is 7.32. The molecule has 0 spiro atoms. The third kappa shape index (κ3) is 4.63. The van der Waals surface area contributed by atoms with Crippen LogP contribution in [0.15, 0.2) is 0 Å². The van der Waals surface area contributed by atoms with Crippen LogP contribution in [0.25, 0.3) is 0 Å². The van der Waals surface area contributed by atoms with Crippen molar-refractivity contribution in [2.24, 2.45) is 0 Å². The van der Waals surface area contributed by atoms with Crippen LogP contribution in [0.4, 0.5) is 74.6 Å². The Hall–Kier alpha value is -1.27. The molecule has 210 valence electrons. The summed E-state index contributed by atoms with van der Waals surface area (Å²) in [5.74, 6) is -57.8. The van der Waals surface area contributed by atoms with Crippen molar-refractivity contribution in [3.05, 3.63) is 0 Å². The van der Waals surface area contributed by atoms with Gasteiger partial charge in [0.25, 0.3) is 0 Å². The van der Waals surface area contributed by atoms with Gasteiger partial charge in [-0.25, -0.2) is 0 Å². The van der Waals surface area contributed by atoms with Gasteiger partial charge in [-0.05, 0) is 27.2 Å². The summed E-state index contributed by atoms with van der Waals surface area (Å²) in [5.41, 5.74) is -1.95. The van der Waals surface area contributed by atoms with Crippen LogP contribution in [0.3, 0.4) is 0 Å². The van der Waals surface area contributed by atoms with Gasteiger partial charge in [0.2, 0.25) is 0 Å². The van der Waals surface area contributed by atoms with Crippen LogP contribution in [0, 0.1) is 0 Å². The summed E-state index contributed by atoms with van der Waals surface area (Å²) in [4.78, 5) is 0. The summed E-state index contributed by atoms with van der Waals surface area (Å²) in [5, 5.41) is 0. The van der Waals surface area contributed by atoms with E-state index < -0.39 is 78.5 Å². The average molecular weight is 562 g/mol. The maximum atomic E-state index is 13.9. The van der Waals surface area contributed by atoms with Gasteiger partial charge in [-0.15, -0.1) is 0 Å². The first-order valence-corrected chi connectivity index (χ1v) is 8.92. The molecule has 1 fully saturated rings. The molecule has 1 aliphatic rings. The molecule has 2 nitrogen and oxygen atoms in total. The van der Waals surface area contributed by atoms with E-state index in [1.165, 1.54) is 13.8 Å². The normalized spacial score (nSPS) is 23.7. The summed E-state index contributed by atoms with van der Waals surface area (Å²) in [7, 11) is 0. The van der Waals surface area contributed by atoms with Gasteiger partial charge >= 0.3 is 47.6 Å². The Morgan fingerprint density at radius 1 is 0.543 bits per heavy atom. The van der Waals surface area contributed by atoms with Gasteiger partial charge in [0, 0.05) is 6.42 Å². The predicted molar refractivity (Wildman–Crippen MR) is 79.4 cm³/mol. The average Bonchev–Trinajstić information content (AvgIpc) is 2.91. The third-order valence-electron chi connectivity index (χ3n) is 4.97. The molecule has 35 heavy (non-hydrogen) atoms. The van der Waals surface area contributed by atoms with E-state index >= 15 is 0 Å². The first-order chi connectivity index (χ1) is 14.9. The molecule has 1 aliphatic heterocycles. The molecule has 0 aromatic carbocycles. The van der Waals surface area contributed by atoms with Gasteiger partial charge in [0.1, 0.15) is 0 Å². The summed E-state index contributed by atoms with van der Waals surface area (Å²) < 4.78 is 235. The van der Waals surface area contributed by atoms with Crippen LogP contribution in [-0.4, -0.2) is 65.6 Å². The zero-order valence-corrected chi connectivity index (χ0v) is 17.4. The lowest BCUT2D eigenvalue weighted by atomic mass is 9.86. The molecule has 0 N–H and O–H groups in total. The van der Waals surface area contributed by atoms with Crippen LogP contribution in [0.2, 0.25) is 0 Å². The molecule has 19 heteroatoms. The maximum Gasteiger partial charge on any atom is 0.460 e. The van der Waals surface area contributed by atoms with Crippen LogP contribution in [0.1, 0.15) is 33.6 Å². The lowest BCUT2D eigenvalue weighted by molar-refractivity contribution is -0.462. The fourth-order valence-electron chi connectivity index (χ4n) is 2.88. The summed E-state index contributed by atoms with van der Waals surface area (Å²) in [6.07, 6.45) is -11.7. The molecule has 1 heterocycles. The summed E-state index contributed by atoms with van der Waals surface area (Å²) >= 11 is 0. The van der Waals surface area contributed by atoms with Crippen molar-refractivity contribution in [1.82, 2.24) is 0 Å². The molecule has 0 saturated carbocycles. The van der Waals surface area contributed by atoms with Crippen LogP contribution < -0.4 is 0 Å². The quantitative estimate of drug-likeness (QED) is 0.275. The van der Waals surface area contributed by atoms with E-state index in [4.69, 9.17) is 9.47 Å². The van der Waals surface area contributed by atoms with Gasteiger partial charge in [-0.2, -0.15) is 74.6 Å². The second-order valence-corrected chi connectivity index (χ2v) is 8.39. The van der Waals surface area contributed by atoms with Gasteiger partial charge in [0.15, 0.2) is 5.79 Å². The van der Waals surface area contributed by atoms with Crippen molar-refractivity contribution in [3.63, 3.8) is 0 Å². The van der Waals surface area contributed by atoms with E-state index in [2.05, 4.69) is 0 Å². The van der Waals surface area contributed by atoms with E-state index in [-0.39, 0.29) is 0 Å². The molecule has 1 saturated heterocycles. The number of alkyl halides is 17. The highest BCUT2D eigenvalue weighted by molar-refractivity contribution is 5.15. The highest BCUT2D eigenvalue weighted by Gasteiger charge is 2.95. The van der Waals surface area contributed by atoms with E-state index in [0.717, 1.165) is 6.92 Å². The minimum atomic E-state index is -8.62. The highest BCUT2D eigenvalue weighted by atomic mass is 19.4. The standard InChI is InChI=1S/C16H15F17O2/c1-7(2)34-6-8(3,35-7)4-5-9(17,18)10(19,20)11(21,22)12(23,24)13(25,26)14(27,28)15(29,30)16(31,32)33/h4-6H2,1-3H3. The molecule has 0 amide bonds. The fraction of sp³-hybridized carbons (Fsp3) is 1.00. The summed E-state index contributed by atoms with van der Waals surface area (Å²) in [6.45, 7) is 2.61. The van der Waals surface area contributed by atoms with Gasteiger partial charge in [-0.1, -0.05) is 0 Å².